The largest absolute Gasteiger partial charge is 2.00 e. The van der Waals surface area contributed by atoms with Crippen molar-refractivity contribution in [2.75, 3.05) is 0 Å². The van der Waals surface area contributed by atoms with E-state index in [1.165, 1.54) is 5.56 Å². The zero-order chi connectivity index (χ0) is 7.40. The number of hydrogen-bond acceptors (Lipinski definition) is 0. The Morgan fingerprint density at radius 3 is 2.08 bits per heavy atom. The summed E-state index contributed by atoms with van der Waals surface area (Å²) in [5, 5.41) is 0. The number of benzene rings is 1. The molecule has 0 aliphatic carbocycles. The molecule has 62 valence electrons. The molecule has 0 amide bonds. The molecule has 0 N–H and O–H groups in total. The fourth-order valence-electron chi connectivity index (χ4n) is 0.855. The first-order valence-electron chi connectivity index (χ1n) is 3.36. The average molecular weight is 302 g/mol. The van der Waals surface area contributed by atoms with Crippen molar-refractivity contribution < 1.29 is 17.0 Å². The van der Waals surface area contributed by atoms with E-state index in [1.807, 2.05) is 0 Å². The van der Waals surface area contributed by atoms with Crippen LogP contribution in [0.1, 0.15) is 12.0 Å². The molecule has 0 radical (unpaired) electrons. The Balaban J connectivity index is 0. The van der Waals surface area contributed by atoms with Crippen molar-refractivity contribution in [3.05, 3.63) is 41.2 Å². The van der Waals surface area contributed by atoms with Gasteiger partial charge in [0, 0.05) is 4.47 Å². The SMILES string of the molecule is [Br-].[CH2-]CCc1ccc(Br)cc1.[Mg+2]. The summed E-state index contributed by atoms with van der Waals surface area (Å²) < 4.78 is 1.14. The van der Waals surface area contributed by atoms with Crippen LogP contribution in [0.4, 0.5) is 0 Å². The van der Waals surface area contributed by atoms with Crippen LogP contribution < -0.4 is 17.0 Å². The van der Waals surface area contributed by atoms with Crippen LogP contribution >= 0.6 is 15.9 Å². The van der Waals surface area contributed by atoms with Crippen LogP contribution in [0.25, 0.3) is 0 Å². The monoisotopic (exact) mass is 300 g/mol. The maximum absolute atomic E-state index is 3.79. The van der Waals surface area contributed by atoms with Crippen LogP contribution in [0, 0.1) is 6.92 Å². The third-order valence-electron chi connectivity index (χ3n) is 1.38. The number of halogens is 2. The molecule has 1 aromatic rings. The van der Waals surface area contributed by atoms with E-state index >= 15 is 0 Å². The quantitative estimate of drug-likeness (QED) is 0.526. The third kappa shape index (κ3) is 5.57. The molecule has 3 heteroatoms. The van der Waals surface area contributed by atoms with E-state index < -0.39 is 0 Å². The van der Waals surface area contributed by atoms with Gasteiger partial charge in [0.15, 0.2) is 0 Å². The first-order valence-corrected chi connectivity index (χ1v) is 4.16. The zero-order valence-corrected chi connectivity index (χ0v) is 11.5. The molecule has 0 unspecified atom stereocenters. The fourth-order valence-corrected chi connectivity index (χ4v) is 1.12. The van der Waals surface area contributed by atoms with Gasteiger partial charge in [-0.3, -0.25) is 0 Å². The molecule has 1 aromatic carbocycles. The predicted molar refractivity (Wildman–Crippen MR) is 53.6 cm³/mol. The van der Waals surface area contributed by atoms with E-state index in [0.717, 1.165) is 17.3 Å². The van der Waals surface area contributed by atoms with Crippen molar-refractivity contribution >= 4 is 39.0 Å². The van der Waals surface area contributed by atoms with Crippen LogP contribution in [0.2, 0.25) is 0 Å². The second-order valence-electron chi connectivity index (χ2n) is 2.23. The zero-order valence-electron chi connectivity index (χ0n) is 6.89. The first-order chi connectivity index (χ1) is 4.83. The van der Waals surface area contributed by atoms with Gasteiger partial charge in [-0.25, -0.2) is 0 Å². The van der Waals surface area contributed by atoms with E-state index in [4.69, 9.17) is 0 Å². The summed E-state index contributed by atoms with van der Waals surface area (Å²) in [5.74, 6) is 0. The predicted octanol–water partition coefficient (Wildman–Crippen LogP) is -0.161. The van der Waals surface area contributed by atoms with Gasteiger partial charge in [-0.1, -0.05) is 40.0 Å². The molecule has 12 heavy (non-hydrogen) atoms. The molecule has 0 atom stereocenters. The van der Waals surface area contributed by atoms with Crippen molar-refractivity contribution in [2.24, 2.45) is 0 Å². The summed E-state index contributed by atoms with van der Waals surface area (Å²) in [6.45, 7) is 3.79. The molecule has 0 aliphatic heterocycles. The third-order valence-corrected chi connectivity index (χ3v) is 1.91. The number of rotatable bonds is 2. The van der Waals surface area contributed by atoms with E-state index in [-0.39, 0.29) is 40.0 Å². The van der Waals surface area contributed by atoms with Gasteiger partial charge < -0.3 is 23.9 Å². The number of aryl methyl sites for hydroxylation is 1. The van der Waals surface area contributed by atoms with Crippen molar-refractivity contribution in [1.29, 1.82) is 0 Å². The van der Waals surface area contributed by atoms with Crippen LogP contribution in [0.3, 0.4) is 0 Å². The van der Waals surface area contributed by atoms with Crippen LogP contribution in [0.5, 0.6) is 0 Å². The Morgan fingerprint density at radius 2 is 1.67 bits per heavy atom. The molecule has 0 fully saturated rings. The molecule has 0 aromatic heterocycles. The van der Waals surface area contributed by atoms with Gasteiger partial charge in [0.1, 0.15) is 0 Å². The standard InChI is InChI=1S/C9H10Br.BrH.Mg/c1-2-3-8-4-6-9(10)7-5-8;;/h4-7H,1-3H2;1H;/q-1;;+2/p-1. The summed E-state index contributed by atoms with van der Waals surface area (Å²) in [7, 11) is 0. The average Bonchev–Trinajstić information content (AvgIpc) is 1.95. The summed E-state index contributed by atoms with van der Waals surface area (Å²) in [6, 6.07) is 8.36. The van der Waals surface area contributed by atoms with Gasteiger partial charge in [0.05, 0.1) is 0 Å². The molecule has 0 aliphatic rings. The summed E-state index contributed by atoms with van der Waals surface area (Å²) >= 11 is 3.38. The smallest absolute Gasteiger partial charge is 1.00 e. The van der Waals surface area contributed by atoms with Gasteiger partial charge in [-0.05, 0) is 12.1 Å². The molecular formula is C9H10Br2Mg. The van der Waals surface area contributed by atoms with Crippen LogP contribution in [-0.4, -0.2) is 23.1 Å². The van der Waals surface area contributed by atoms with Gasteiger partial charge in [-0.15, -0.1) is 0 Å². The molecule has 0 saturated carbocycles. The fraction of sp³-hybridized carbons (Fsp3) is 0.222. The maximum Gasteiger partial charge on any atom is 2.00 e. The minimum Gasteiger partial charge on any atom is -1.00 e. The van der Waals surface area contributed by atoms with Crippen molar-refractivity contribution in [1.82, 2.24) is 0 Å². The van der Waals surface area contributed by atoms with Crippen molar-refractivity contribution in [3.8, 4) is 0 Å². The molecule has 1 rings (SSSR count). The molecule has 0 saturated heterocycles. The van der Waals surface area contributed by atoms with E-state index in [9.17, 15) is 0 Å². The summed E-state index contributed by atoms with van der Waals surface area (Å²) in [4.78, 5) is 0. The Bertz CT molecular complexity index is 196. The van der Waals surface area contributed by atoms with Gasteiger partial charge in [-0.2, -0.15) is 6.42 Å². The summed E-state index contributed by atoms with van der Waals surface area (Å²) in [6.07, 6.45) is 2.05. The number of hydrogen-bond donors (Lipinski definition) is 0. The Hall–Kier alpha value is 0.946. The topological polar surface area (TPSA) is 0 Å². The maximum atomic E-state index is 3.79. The van der Waals surface area contributed by atoms with Gasteiger partial charge >= 0.3 is 23.1 Å². The first kappa shape index (κ1) is 15.4. The van der Waals surface area contributed by atoms with E-state index in [1.54, 1.807) is 0 Å². The van der Waals surface area contributed by atoms with Crippen LogP contribution in [-0.2, 0) is 6.42 Å². The van der Waals surface area contributed by atoms with Crippen LogP contribution in [0.15, 0.2) is 28.7 Å². The molecule has 0 heterocycles. The van der Waals surface area contributed by atoms with Crippen molar-refractivity contribution in [3.63, 3.8) is 0 Å². The second kappa shape index (κ2) is 8.54. The Morgan fingerprint density at radius 1 is 1.17 bits per heavy atom. The van der Waals surface area contributed by atoms with Gasteiger partial charge in [0.2, 0.25) is 0 Å². The summed E-state index contributed by atoms with van der Waals surface area (Å²) in [5.41, 5.74) is 1.36. The van der Waals surface area contributed by atoms with Crippen molar-refractivity contribution in [2.45, 2.75) is 12.8 Å². The molecule has 0 bridgehead atoms. The normalized spacial score (nSPS) is 8.17. The van der Waals surface area contributed by atoms with Gasteiger partial charge in [0.25, 0.3) is 0 Å². The Kier molecular flexibility index (Phi) is 11.0. The molecular weight excluding hydrogens is 292 g/mol. The van der Waals surface area contributed by atoms with E-state index in [2.05, 4.69) is 47.1 Å². The minimum absolute atomic E-state index is 0. The van der Waals surface area contributed by atoms with E-state index in [0.29, 0.717) is 0 Å². The molecule has 0 nitrogen and oxygen atoms in total. The Labute approximate surface area is 109 Å². The second-order valence-corrected chi connectivity index (χ2v) is 3.15. The minimum atomic E-state index is 0. The molecule has 0 spiro atoms.